The minimum Gasteiger partial charge on any atom is -0.342 e. The molecule has 6 rings (SSSR count). The molecule has 6 heteroatoms. The average molecular weight is 468 g/mol. The van der Waals surface area contributed by atoms with Crippen LogP contribution in [0.1, 0.15) is 24.0 Å². The van der Waals surface area contributed by atoms with Gasteiger partial charge in [-0.05, 0) is 61.9 Å². The number of hydrogen-bond donors (Lipinski definition) is 0. The molecule has 2 aromatic heterocycles. The van der Waals surface area contributed by atoms with Crippen molar-refractivity contribution in [1.29, 1.82) is 0 Å². The zero-order valence-corrected chi connectivity index (χ0v) is 19.9. The molecule has 3 heterocycles. The fourth-order valence-corrected chi connectivity index (χ4v) is 5.27. The molecular formula is C28H26ClN5. The number of piperidine rings is 1. The van der Waals surface area contributed by atoms with Crippen molar-refractivity contribution >= 4 is 34.1 Å². The molecule has 3 aromatic carbocycles. The van der Waals surface area contributed by atoms with Crippen LogP contribution in [0.2, 0.25) is 5.02 Å². The lowest BCUT2D eigenvalue weighted by Crippen LogP contribution is -2.36. The molecule has 0 N–H and O–H groups in total. The predicted octanol–water partition coefficient (Wildman–Crippen LogP) is 6.37. The summed E-state index contributed by atoms with van der Waals surface area (Å²) in [6.07, 6.45) is 3.40. The molecule has 0 unspecified atom stereocenters. The van der Waals surface area contributed by atoms with Crippen LogP contribution in [0, 0.1) is 12.8 Å². The fourth-order valence-electron chi connectivity index (χ4n) is 5.05. The van der Waals surface area contributed by atoms with Crippen molar-refractivity contribution in [2.75, 3.05) is 18.0 Å². The van der Waals surface area contributed by atoms with E-state index in [-0.39, 0.29) is 0 Å². The van der Waals surface area contributed by atoms with Gasteiger partial charge >= 0.3 is 0 Å². The van der Waals surface area contributed by atoms with Crippen molar-refractivity contribution in [3.8, 4) is 11.4 Å². The van der Waals surface area contributed by atoms with Crippen LogP contribution in [-0.4, -0.2) is 32.7 Å². The number of rotatable bonds is 4. The first kappa shape index (κ1) is 21.1. The number of hydrogen-bond acceptors (Lipinski definition) is 4. The van der Waals surface area contributed by atoms with Crippen LogP contribution < -0.4 is 4.90 Å². The third-order valence-corrected chi connectivity index (χ3v) is 7.19. The quantitative estimate of drug-likeness (QED) is 0.308. The molecule has 34 heavy (non-hydrogen) atoms. The number of anilines is 1. The van der Waals surface area contributed by atoms with Crippen LogP contribution in [0.5, 0.6) is 0 Å². The van der Waals surface area contributed by atoms with E-state index >= 15 is 0 Å². The second-order valence-corrected chi connectivity index (χ2v) is 9.62. The van der Waals surface area contributed by atoms with Gasteiger partial charge in [-0.25, -0.2) is 9.38 Å². The molecule has 0 aliphatic carbocycles. The Labute approximate surface area is 204 Å². The third kappa shape index (κ3) is 3.80. The first-order chi connectivity index (χ1) is 16.7. The Hall–Kier alpha value is -3.44. The predicted molar refractivity (Wildman–Crippen MR) is 139 cm³/mol. The molecule has 170 valence electrons. The van der Waals surface area contributed by atoms with E-state index in [1.165, 1.54) is 11.1 Å². The first-order valence-corrected chi connectivity index (χ1v) is 12.2. The van der Waals surface area contributed by atoms with Gasteiger partial charge in [0.25, 0.3) is 0 Å². The van der Waals surface area contributed by atoms with Crippen LogP contribution in [0.15, 0.2) is 72.8 Å². The SMILES string of the molecule is Cc1ccc2nc(N3CCC(Cc4ccccc4)CC3)n3c(-c4ccccc4Cl)nnc3c2c1. The van der Waals surface area contributed by atoms with Crippen LogP contribution in [0.3, 0.4) is 0 Å². The van der Waals surface area contributed by atoms with E-state index in [1.807, 2.05) is 24.3 Å². The van der Waals surface area contributed by atoms with Gasteiger partial charge in [0, 0.05) is 24.0 Å². The van der Waals surface area contributed by atoms with Crippen molar-refractivity contribution in [2.45, 2.75) is 26.2 Å². The van der Waals surface area contributed by atoms with E-state index < -0.39 is 0 Å². The lowest BCUT2D eigenvalue weighted by Gasteiger charge is -2.33. The summed E-state index contributed by atoms with van der Waals surface area (Å²) in [6.45, 7) is 4.00. The molecule has 1 aliphatic rings. The topological polar surface area (TPSA) is 46.3 Å². The second kappa shape index (κ2) is 8.73. The molecule has 1 aliphatic heterocycles. The standard InChI is InChI=1S/C28H26ClN5/c1-19-11-12-25-23(17-19)27-32-31-26(22-9-5-6-10-24(22)29)34(27)28(30-25)33-15-13-21(14-16-33)18-20-7-3-2-4-8-20/h2-12,17,21H,13-16,18H2,1H3. The summed E-state index contributed by atoms with van der Waals surface area (Å²) in [7, 11) is 0. The molecule has 5 aromatic rings. The Bertz CT molecular complexity index is 1470. The highest BCUT2D eigenvalue weighted by Crippen LogP contribution is 2.33. The normalized spacial score (nSPS) is 14.8. The summed E-state index contributed by atoms with van der Waals surface area (Å²) in [4.78, 5) is 7.52. The number of fused-ring (bicyclic) bond motifs is 3. The van der Waals surface area contributed by atoms with E-state index in [1.54, 1.807) is 0 Å². The Kier molecular flexibility index (Phi) is 5.42. The van der Waals surface area contributed by atoms with Gasteiger partial charge in [-0.2, -0.15) is 0 Å². The lowest BCUT2D eigenvalue weighted by molar-refractivity contribution is 0.400. The highest BCUT2D eigenvalue weighted by Gasteiger charge is 2.25. The van der Waals surface area contributed by atoms with Gasteiger partial charge in [-0.3, -0.25) is 0 Å². The van der Waals surface area contributed by atoms with Crippen molar-refractivity contribution in [3.63, 3.8) is 0 Å². The summed E-state index contributed by atoms with van der Waals surface area (Å²) in [5, 5.41) is 10.9. The summed E-state index contributed by atoms with van der Waals surface area (Å²) in [6, 6.07) is 24.9. The Morgan fingerprint density at radius 1 is 0.912 bits per heavy atom. The maximum Gasteiger partial charge on any atom is 0.213 e. The second-order valence-electron chi connectivity index (χ2n) is 9.22. The Balaban J connectivity index is 1.42. The number of benzene rings is 3. The van der Waals surface area contributed by atoms with Crippen molar-refractivity contribution in [2.24, 2.45) is 5.92 Å². The van der Waals surface area contributed by atoms with Gasteiger partial charge < -0.3 is 4.90 Å². The van der Waals surface area contributed by atoms with Gasteiger partial charge in [0.15, 0.2) is 11.5 Å². The molecule has 0 bridgehead atoms. The molecule has 0 saturated carbocycles. The molecule has 0 amide bonds. The van der Waals surface area contributed by atoms with Crippen molar-refractivity contribution in [1.82, 2.24) is 19.6 Å². The maximum absolute atomic E-state index is 6.58. The minimum absolute atomic E-state index is 0.661. The number of halogens is 1. The van der Waals surface area contributed by atoms with Crippen molar-refractivity contribution in [3.05, 3.63) is 88.9 Å². The van der Waals surface area contributed by atoms with E-state index in [9.17, 15) is 0 Å². The van der Waals surface area contributed by atoms with Gasteiger partial charge in [0.2, 0.25) is 5.95 Å². The van der Waals surface area contributed by atoms with E-state index in [0.29, 0.717) is 10.9 Å². The van der Waals surface area contributed by atoms with Crippen molar-refractivity contribution < 1.29 is 0 Å². The van der Waals surface area contributed by atoms with Crippen LogP contribution in [0.25, 0.3) is 27.9 Å². The van der Waals surface area contributed by atoms with Gasteiger partial charge in [0.05, 0.1) is 10.5 Å². The Morgan fingerprint density at radius 3 is 2.47 bits per heavy atom. The maximum atomic E-state index is 6.58. The number of aryl methyl sites for hydroxylation is 1. The van der Waals surface area contributed by atoms with E-state index in [0.717, 1.165) is 66.2 Å². The number of aromatic nitrogens is 4. The monoisotopic (exact) mass is 467 g/mol. The van der Waals surface area contributed by atoms with Gasteiger partial charge in [0.1, 0.15) is 0 Å². The molecule has 0 atom stereocenters. The van der Waals surface area contributed by atoms with Crippen LogP contribution in [0.4, 0.5) is 5.95 Å². The third-order valence-electron chi connectivity index (χ3n) is 6.86. The summed E-state index contributed by atoms with van der Waals surface area (Å²) in [5.41, 5.74) is 5.23. The summed E-state index contributed by atoms with van der Waals surface area (Å²) < 4.78 is 2.10. The Morgan fingerprint density at radius 2 is 1.68 bits per heavy atom. The lowest BCUT2D eigenvalue weighted by atomic mass is 9.90. The van der Waals surface area contributed by atoms with Crippen LogP contribution in [-0.2, 0) is 6.42 Å². The molecular weight excluding hydrogens is 442 g/mol. The number of nitrogens with zero attached hydrogens (tertiary/aromatic N) is 5. The zero-order valence-electron chi connectivity index (χ0n) is 19.2. The highest BCUT2D eigenvalue weighted by atomic mass is 35.5. The van der Waals surface area contributed by atoms with E-state index in [4.69, 9.17) is 16.6 Å². The summed E-state index contributed by atoms with van der Waals surface area (Å²) in [5.74, 6) is 2.31. The summed E-state index contributed by atoms with van der Waals surface area (Å²) >= 11 is 6.58. The largest absolute Gasteiger partial charge is 0.342 e. The molecule has 5 nitrogen and oxygen atoms in total. The first-order valence-electron chi connectivity index (χ1n) is 11.9. The molecule has 0 radical (unpaired) electrons. The smallest absolute Gasteiger partial charge is 0.213 e. The average Bonchev–Trinajstić information content (AvgIpc) is 3.31. The minimum atomic E-state index is 0.661. The molecule has 1 fully saturated rings. The fraction of sp³-hybridized carbons (Fsp3) is 0.250. The molecule has 0 spiro atoms. The molecule has 1 saturated heterocycles. The van der Waals surface area contributed by atoms with Gasteiger partial charge in [-0.15, -0.1) is 10.2 Å². The zero-order chi connectivity index (χ0) is 23.1. The van der Waals surface area contributed by atoms with Gasteiger partial charge in [-0.1, -0.05) is 65.7 Å². The van der Waals surface area contributed by atoms with E-state index in [2.05, 4.69) is 75.0 Å². The highest BCUT2D eigenvalue weighted by molar-refractivity contribution is 6.33. The van der Waals surface area contributed by atoms with Crippen LogP contribution >= 0.6 is 11.6 Å².